The molecule has 0 saturated heterocycles. The van der Waals surface area contributed by atoms with Crippen LogP contribution in [0.1, 0.15) is 6.92 Å². The highest BCUT2D eigenvalue weighted by Gasteiger charge is 1.73. The van der Waals surface area contributed by atoms with E-state index in [0.29, 0.717) is 6.54 Å². The lowest BCUT2D eigenvalue weighted by Crippen LogP contribution is -1.73. The summed E-state index contributed by atoms with van der Waals surface area (Å²) in [6.45, 7) is 6.10. The molecule has 0 heterocycles. The third-order valence-corrected chi connectivity index (χ3v) is 0.464. The fourth-order valence-electron chi connectivity index (χ4n) is 0.110. The number of hydrogen-bond donors (Lipinski definition) is 0. The third kappa shape index (κ3) is 3.76. The first kappa shape index (κ1) is 5.76. The van der Waals surface area contributed by atoms with E-state index in [0.717, 1.165) is 5.57 Å². The van der Waals surface area contributed by atoms with E-state index in [1.54, 1.807) is 0 Å². The summed E-state index contributed by atoms with van der Waals surface area (Å²) in [4.78, 5) is 0. The second-order valence-electron chi connectivity index (χ2n) is 1.24. The predicted octanol–water partition coefficient (Wildman–Crippen LogP) is 1.29. The molecule has 6 heavy (non-hydrogen) atoms. The van der Waals surface area contributed by atoms with Crippen molar-refractivity contribution in [3.8, 4) is 0 Å². The highest BCUT2D eigenvalue weighted by Crippen LogP contribution is 1.83. The highest BCUT2D eigenvalue weighted by molar-refractivity contribution is 7.47. The molecule has 0 aromatic heterocycles. The summed E-state index contributed by atoms with van der Waals surface area (Å²) in [6, 6.07) is 0. The minimum absolute atomic E-state index is 0.620. The number of nitrogens with zero attached hydrogens (tertiary/aromatic N) is 1. The summed E-state index contributed by atoms with van der Waals surface area (Å²) in [6.07, 6.45) is 0. The van der Waals surface area contributed by atoms with Crippen LogP contribution in [0.15, 0.2) is 16.5 Å². The summed E-state index contributed by atoms with van der Waals surface area (Å²) >= 11 is 4.29. The zero-order valence-electron chi connectivity index (χ0n) is 3.77. The lowest BCUT2D eigenvalue weighted by molar-refractivity contribution is 1.17. The quantitative estimate of drug-likeness (QED) is 0.477. The molecule has 0 spiro atoms. The normalized spacial score (nSPS) is 7.50. The number of hydrogen-bond acceptors (Lipinski definition) is 2. The van der Waals surface area contributed by atoms with Gasteiger partial charge in [0.1, 0.15) is 0 Å². The maximum Gasteiger partial charge on any atom is 0.0726 e. The van der Waals surface area contributed by atoms with E-state index in [9.17, 15) is 0 Å². The summed E-state index contributed by atoms with van der Waals surface area (Å²) in [5.74, 6) is 0. The summed E-state index contributed by atoms with van der Waals surface area (Å²) in [5.41, 5.74) is 1.02. The molecular weight excluding hydrogens is 94.1 g/mol. The van der Waals surface area contributed by atoms with Gasteiger partial charge in [-0.25, -0.2) is 4.36 Å². The highest BCUT2D eigenvalue weighted by atomic mass is 32.1. The van der Waals surface area contributed by atoms with E-state index in [1.807, 2.05) is 6.92 Å². The lowest BCUT2D eigenvalue weighted by atomic mass is 10.4. The SMILES string of the molecule is C=C(C)CN=S. The van der Waals surface area contributed by atoms with Crippen LogP contribution in [-0.2, 0) is 12.4 Å². The van der Waals surface area contributed by atoms with Crippen LogP contribution < -0.4 is 0 Å². The molecule has 0 saturated carbocycles. The Balaban J connectivity index is 3.05. The van der Waals surface area contributed by atoms with Gasteiger partial charge in [0.25, 0.3) is 0 Å². The van der Waals surface area contributed by atoms with Crippen molar-refractivity contribution in [1.29, 1.82) is 0 Å². The van der Waals surface area contributed by atoms with Crippen molar-refractivity contribution in [2.45, 2.75) is 6.92 Å². The van der Waals surface area contributed by atoms with Crippen LogP contribution in [0.25, 0.3) is 0 Å². The lowest BCUT2D eigenvalue weighted by Gasteiger charge is -1.81. The molecule has 0 N–H and O–H groups in total. The molecule has 0 unspecified atom stereocenters. The maximum atomic E-state index is 4.29. The van der Waals surface area contributed by atoms with E-state index in [4.69, 9.17) is 0 Å². The van der Waals surface area contributed by atoms with Gasteiger partial charge < -0.3 is 0 Å². The van der Waals surface area contributed by atoms with E-state index < -0.39 is 0 Å². The molecule has 0 rings (SSSR count). The van der Waals surface area contributed by atoms with E-state index in [1.165, 1.54) is 0 Å². The Morgan fingerprint density at radius 3 is 2.50 bits per heavy atom. The second kappa shape index (κ2) is 2.97. The third-order valence-electron chi connectivity index (χ3n) is 0.334. The van der Waals surface area contributed by atoms with Crippen molar-refractivity contribution >= 4 is 12.4 Å². The molecule has 0 aliphatic rings. The molecule has 0 radical (unpaired) electrons. The molecule has 0 aliphatic carbocycles. The van der Waals surface area contributed by atoms with Crippen molar-refractivity contribution in [3.05, 3.63) is 12.2 Å². The molecule has 0 fully saturated rings. The van der Waals surface area contributed by atoms with Crippen LogP contribution in [0.4, 0.5) is 0 Å². The number of rotatable bonds is 2. The van der Waals surface area contributed by atoms with Gasteiger partial charge in [0.05, 0.1) is 6.54 Å². The standard InChI is InChI=1S/C4H7NS/c1-4(2)3-5-6/h1,3H2,2H3. The average molecular weight is 101 g/mol. The predicted molar refractivity (Wildman–Crippen MR) is 29.5 cm³/mol. The van der Waals surface area contributed by atoms with Crippen molar-refractivity contribution in [3.63, 3.8) is 0 Å². The smallest absolute Gasteiger partial charge is 0.0726 e. The van der Waals surface area contributed by atoms with Crippen molar-refractivity contribution < 1.29 is 0 Å². The Bertz CT molecular complexity index is 67.9. The first-order chi connectivity index (χ1) is 2.77. The monoisotopic (exact) mass is 101 g/mol. The first-order valence-electron chi connectivity index (χ1n) is 1.71. The van der Waals surface area contributed by atoms with E-state index >= 15 is 0 Å². The Labute approximate surface area is 43.2 Å². The molecule has 0 atom stereocenters. The molecule has 0 amide bonds. The van der Waals surface area contributed by atoms with Gasteiger partial charge in [-0.2, -0.15) is 0 Å². The Kier molecular flexibility index (Phi) is 2.85. The summed E-state index contributed by atoms with van der Waals surface area (Å²) in [7, 11) is 0. The molecule has 0 aliphatic heterocycles. The zero-order valence-corrected chi connectivity index (χ0v) is 4.59. The Morgan fingerprint density at radius 2 is 2.50 bits per heavy atom. The largest absolute Gasteiger partial charge is 0.215 e. The van der Waals surface area contributed by atoms with Gasteiger partial charge in [-0.3, -0.25) is 0 Å². The molecular formula is C4H7NS. The molecule has 0 bridgehead atoms. The maximum absolute atomic E-state index is 4.29. The fraction of sp³-hybridized carbons (Fsp3) is 0.500. The van der Waals surface area contributed by atoms with E-state index in [2.05, 4.69) is 23.4 Å². The average Bonchev–Trinajstić information content (AvgIpc) is 1.35. The van der Waals surface area contributed by atoms with Crippen molar-refractivity contribution in [2.24, 2.45) is 4.36 Å². The molecule has 2 heteroatoms. The van der Waals surface area contributed by atoms with Crippen LogP contribution >= 0.6 is 0 Å². The second-order valence-corrected chi connectivity index (χ2v) is 1.50. The molecule has 1 nitrogen and oxygen atoms in total. The molecule has 34 valence electrons. The summed E-state index contributed by atoms with van der Waals surface area (Å²) in [5, 5.41) is 0. The summed E-state index contributed by atoms with van der Waals surface area (Å²) < 4.78 is 3.42. The minimum atomic E-state index is 0.620. The Morgan fingerprint density at radius 1 is 2.00 bits per heavy atom. The van der Waals surface area contributed by atoms with Gasteiger partial charge in [-0.15, -0.1) is 0 Å². The first-order valence-corrected chi connectivity index (χ1v) is 2.07. The van der Waals surface area contributed by atoms with Crippen LogP contribution in [0, 0.1) is 0 Å². The van der Waals surface area contributed by atoms with Crippen molar-refractivity contribution in [1.82, 2.24) is 0 Å². The van der Waals surface area contributed by atoms with Gasteiger partial charge in [-0.05, 0) is 6.92 Å². The van der Waals surface area contributed by atoms with E-state index in [-0.39, 0.29) is 0 Å². The van der Waals surface area contributed by atoms with Gasteiger partial charge in [0.15, 0.2) is 0 Å². The van der Waals surface area contributed by atoms with Gasteiger partial charge in [0.2, 0.25) is 0 Å². The fourth-order valence-corrected chi connectivity index (χ4v) is 0.331. The van der Waals surface area contributed by atoms with Crippen molar-refractivity contribution in [2.75, 3.05) is 6.54 Å². The van der Waals surface area contributed by atoms with Gasteiger partial charge >= 0.3 is 0 Å². The van der Waals surface area contributed by atoms with Crippen LogP contribution in [0.3, 0.4) is 0 Å². The van der Waals surface area contributed by atoms with Crippen LogP contribution in [0.2, 0.25) is 0 Å². The van der Waals surface area contributed by atoms with Crippen LogP contribution in [-0.4, -0.2) is 6.54 Å². The zero-order chi connectivity index (χ0) is 4.99. The molecule has 0 aromatic rings. The molecule has 0 aromatic carbocycles. The van der Waals surface area contributed by atoms with Gasteiger partial charge in [-0.1, -0.05) is 12.2 Å². The minimum Gasteiger partial charge on any atom is -0.215 e. The van der Waals surface area contributed by atoms with Gasteiger partial charge in [0, 0.05) is 12.4 Å². The Hall–Kier alpha value is -0.240. The van der Waals surface area contributed by atoms with Crippen LogP contribution in [0.5, 0.6) is 0 Å². The topological polar surface area (TPSA) is 12.4 Å².